The molecule has 0 radical (unpaired) electrons. The molecule has 1 aromatic carbocycles. The van der Waals surface area contributed by atoms with Crippen LogP contribution in [0.3, 0.4) is 0 Å². The standard InChI is InChI=1S/C16H17Cl2NO/c1-10-7-15(16(20)9-17)12(3)19(10)11(2)13-5-4-6-14(18)8-13/h4-8,11H,9H2,1-3H3. The molecule has 1 unspecified atom stereocenters. The van der Waals surface area contributed by atoms with E-state index in [1.165, 1.54) is 0 Å². The molecule has 4 heteroatoms. The van der Waals surface area contributed by atoms with Crippen molar-refractivity contribution in [1.29, 1.82) is 0 Å². The third kappa shape index (κ3) is 2.77. The molecule has 0 bridgehead atoms. The molecule has 2 nitrogen and oxygen atoms in total. The summed E-state index contributed by atoms with van der Waals surface area (Å²) in [5, 5.41) is 0.717. The molecule has 0 spiro atoms. The van der Waals surface area contributed by atoms with Crippen LogP contribution in [0.4, 0.5) is 0 Å². The van der Waals surface area contributed by atoms with Crippen molar-refractivity contribution in [2.75, 3.05) is 5.88 Å². The highest BCUT2D eigenvalue weighted by molar-refractivity contribution is 6.31. The topological polar surface area (TPSA) is 22.0 Å². The van der Waals surface area contributed by atoms with E-state index in [-0.39, 0.29) is 17.7 Å². The Bertz CT molecular complexity index is 646. The first kappa shape index (κ1) is 15.1. The van der Waals surface area contributed by atoms with E-state index in [9.17, 15) is 4.79 Å². The molecule has 0 saturated carbocycles. The van der Waals surface area contributed by atoms with E-state index in [1.807, 2.05) is 44.2 Å². The fourth-order valence-corrected chi connectivity index (χ4v) is 2.99. The SMILES string of the molecule is Cc1cc(C(=O)CCl)c(C)n1C(C)c1cccc(Cl)c1. The first-order chi connectivity index (χ1) is 9.45. The zero-order valence-corrected chi connectivity index (χ0v) is 13.3. The summed E-state index contributed by atoms with van der Waals surface area (Å²) in [6, 6.07) is 9.81. The fourth-order valence-electron chi connectivity index (χ4n) is 2.64. The van der Waals surface area contributed by atoms with Gasteiger partial charge in [0.05, 0.1) is 11.9 Å². The molecule has 2 aromatic rings. The van der Waals surface area contributed by atoms with Crippen molar-refractivity contribution in [1.82, 2.24) is 4.57 Å². The summed E-state index contributed by atoms with van der Waals surface area (Å²) in [6.45, 7) is 6.05. The highest BCUT2D eigenvalue weighted by Crippen LogP contribution is 2.27. The van der Waals surface area contributed by atoms with Gasteiger partial charge in [0.25, 0.3) is 0 Å². The number of halogens is 2. The molecule has 1 heterocycles. The Balaban J connectivity index is 2.47. The number of aromatic nitrogens is 1. The molecule has 0 fully saturated rings. The lowest BCUT2D eigenvalue weighted by Gasteiger charge is -2.19. The largest absolute Gasteiger partial charge is 0.341 e. The first-order valence-electron chi connectivity index (χ1n) is 6.48. The van der Waals surface area contributed by atoms with Crippen molar-refractivity contribution >= 4 is 29.0 Å². The van der Waals surface area contributed by atoms with Crippen molar-refractivity contribution in [2.24, 2.45) is 0 Å². The summed E-state index contributed by atoms with van der Waals surface area (Å²) in [6.07, 6.45) is 0. The molecule has 0 aliphatic heterocycles. The molecule has 0 aliphatic rings. The van der Waals surface area contributed by atoms with E-state index in [0.29, 0.717) is 10.6 Å². The summed E-state index contributed by atoms with van der Waals surface area (Å²) in [5.41, 5.74) is 3.81. The van der Waals surface area contributed by atoms with Crippen molar-refractivity contribution in [3.63, 3.8) is 0 Å². The molecule has 0 N–H and O–H groups in total. The van der Waals surface area contributed by atoms with Crippen molar-refractivity contribution < 1.29 is 4.79 Å². The highest BCUT2D eigenvalue weighted by Gasteiger charge is 2.19. The highest BCUT2D eigenvalue weighted by atomic mass is 35.5. The number of alkyl halides is 1. The zero-order chi connectivity index (χ0) is 14.9. The Morgan fingerprint density at radius 2 is 2.00 bits per heavy atom. The Hall–Kier alpha value is -1.25. The van der Waals surface area contributed by atoms with E-state index in [0.717, 1.165) is 17.0 Å². The third-order valence-corrected chi connectivity index (χ3v) is 4.10. The molecule has 106 valence electrons. The molecule has 20 heavy (non-hydrogen) atoms. The number of rotatable bonds is 4. The van der Waals surface area contributed by atoms with Crippen LogP contribution in [0, 0.1) is 13.8 Å². The minimum Gasteiger partial charge on any atom is -0.341 e. The molecule has 2 rings (SSSR count). The van der Waals surface area contributed by atoms with E-state index in [1.54, 1.807) is 0 Å². The van der Waals surface area contributed by atoms with Gasteiger partial charge in [0.2, 0.25) is 0 Å². The fraction of sp³-hybridized carbons (Fsp3) is 0.312. The first-order valence-corrected chi connectivity index (χ1v) is 7.40. The molecule has 1 aromatic heterocycles. The lowest BCUT2D eigenvalue weighted by atomic mass is 10.1. The van der Waals surface area contributed by atoms with Gasteiger partial charge in [-0.3, -0.25) is 4.79 Å². The summed E-state index contributed by atoms with van der Waals surface area (Å²) in [7, 11) is 0. The molecular formula is C16H17Cl2NO. The molecule has 0 aliphatic carbocycles. The Labute approximate surface area is 129 Å². The average molecular weight is 310 g/mol. The van der Waals surface area contributed by atoms with Gasteiger partial charge in [0.15, 0.2) is 5.78 Å². The van der Waals surface area contributed by atoms with Crippen LogP contribution in [0.15, 0.2) is 30.3 Å². The predicted octanol–water partition coefficient (Wildman–Crippen LogP) is 4.79. The number of hydrogen-bond donors (Lipinski definition) is 0. The van der Waals surface area contributed by atoms with Crippen LogP contribution in [0.5, 0.6) is 0 Å². The van der Waals surface area contributed by atoms with Gasteiger partial charge in [-0.1, -0.05) is 23.7 Å². The normalized spacial score (nSPS) is 12.4. The molecular weight excluding hydrogens is 293 g/mol. The second kappa shape index (κ2) is 6.02. The summed E-state index contributed by atoms with van der Waals surface area (Å²) in [4.78, 5) is 11.8. The Morgan fingerprint density at radius 1 is 1.30 bits per heavy atom. The van der Waals surface area contributed by atoms with Crippen molar-refractivity contribution in [2.45, 2.75) is 26.8 Å². The summed E-state index contributed by atoms with van der Waals surface area (Å²) >= 11 is 11.7. The van der Waals surface area contributed by atoms with E-state index >= 15 is 0 Å². The lowest BCUT2D eigenvalue weighted by molar-refractivity contribution is 0.102. The maximum Gasteiger partial charge on any atom is 0.179 e. The van der Waals surface area contributed by atoms with Gasteiger partial charge in [-0.2, -0.15) is 0 Å². The minimum atomic E-state index is -0.0377. The van der Waals surface area contributed by atoms with Gasteiger partial charge >= 0.3 is 0 Å². The van der Waals surface area contributed by atoms with Crippen LogP contribution in [0.2, 0.25) is 5.02 Å². The second-order valence-corrected chi connectivity index (χ2v) is 5.65. The number of benzene rings is 1. The number of carbonyl (C=O) groups is 1. The molecule has 1 atom stereocenters. The Morgan fingerprint density at radius 3 is 2.60 bits per heavy atom. The van der Waals surface area contributed by atoms with Gasteiger partial charge in [0.1, 0.15) is 0 Å². The number of aryl methyl sites for hydroxylation is 1. The van der Waals surface area contributed by atoms with Crippen molar-refractivity contribution in [3.05, 3.63) is 57.9 Å². The second-order valence-electron chi connectivity index (χ2n) is 4.94. The average Bonchev–Trinajstić information content (AvgIpc) is 2.72. The van der Waals surface area contributed by atoms with E-state index in [4.69, 9.17) is 23.2 Å². The third-order valence-electron chi connectivity index (χ3n) is 3.62. The minimum absolute atomic E-state index is 0.00976. The number of nitrogens with zero attached hydrogens (tertiary/aromatic N) is 1. The zero-order valence-electron chi connectivity index (χ0n) is 11.8. The lowest BCUT2D eigenvalue weighted by Crippen LogP contribution is -2.11. The Kier molecular flexibility index (Phi) is 4.56. The summed E-state index contributed by atoms with van der Waals surface area (Å²) in [5.74, 6) is -0.0279. The number of hydrogen-bond acceptors (Lipinski definition) is 1. The van der Waals surface area contributed by atoms with E-state index < -0.39 is 0 Å². The van der Waals surface area contributed by atoms with Crippen LogP contribution in [-0.4, -0.2) is 16.2 Å². The van der Waals surface area contributed by atoms with E-state index in [2.05, 4.69) is 11.5 Å². The monoisotopic (exact) mass is 309 g/mol. The maximum atomic E-state index is 11.8. The predicted molar refractivity (Wildman–Crippen MR) is 84.2 cm³/mol. The van der Waals surface area contributed by atoms with Crippen LogP contribution in [0.1, 0.15) is 40.3 Å². The quantitative estimate of drug-likeness (QED) is 0.588. The van der Waals surface area contributed by atoms with Gasteiger partial charge < -0.3 is 4.57 Å². The van der Waals surface area contributed by atoms with Crippen LogP contribution < -0.4 is 0 Å². The summed E-state index contributed by atoms with van der Waals surface area (Å²) < 4.78 is 2.14. The maximum absolute atomic E-state index is 11.8. The smallest absolute Gasteiger partial charge is 0.179 e. The van der Waals surface area contributed by atoms with Gasteiger partial charge in [-0.05, 0) is 44.5 Å². The van der Waals surface area contributed by atoms with Gasteiger partial charge in [0, 0.05) is 22.0 Å². The van der Waals surface area contributed by atoms with Gasteiger partial charge in [-0.15, -0.1) is 11.6 Å². The van der Waals surface area contributed by atoms with Crippen LogP contribution in [0.25, 0.3) is 0 Å². The molecule has 0 saturated heterocycles. The molecule has 0 amide bonds. The van der Waals surface area contributed by atoms with Gasteiger partial charge in [-0.25, -0.2) is 0 Å². The van der Waals surface area contributed by atoms with Crippen LogP contribution in [-0.2, 0) is 0 Å². The van der Waals surface area contributed by atoms with Crippen molar-refractivity contribution in [3.8, 4) is 0 Å². The number of carbonyl (C=O) groups excluding carboxylic acids is 1. The van der Waals surface area contributed by atoms with Crippen LogP contribution >= 0.6 is 23.2 Å². The number of ketones is 1. The number of Topliss-reactive ketones (excluding diaryl/α,β-unsaturated/α-hetero) is 1.